The first-order valence-electron chi connectivity index (χ1n) is 6.97. The molecule has 0 fully saturated rings. The minimum absolute atomic E-state index is 0.0334. The van der Waals surface area contributed by atoms with Gasteiger partial charge < -0.3 is 9.84 Å². The minimum atomic E-state index is -1.66. The molecule has 0 amide bonds. The second kappa shape index (κ2) is 6.42. The Kier molecular flexibility index (Phi) is 4.45. The van der Waals surface area contributed by atoms with Gasteiger partial charge in [0.05, 0.1) is 11.1 Å². The van der Waals surface area contributed by atoms with Crippen LogP contribution in [0.4, 0.5) is 0 Å². The summed E-state index contributed by atoms with van der Waals surface area (Å²) >= 11 is 8.93. The zero-order valence-electron chi connectivity index (χ0n) is 12.4. The Bertz CT molecular complexity index is 928. The Hall–Kier alpha value is -2.51. The summed E-state index contributed by atoms with van der Waals surface area (Å²) in [5, 5.41) is 9.21. The number of Topliss-reactive ketones (excluding diaryl/α,β-unsaturated/α-hetero) is 1. The number of carboxylic acid groups (broad SMARTS) is 1. The molecule has 0 saturated carbocycles. The lowest BCUT2D eigenvalue weighted by molar-refractivity contribution is -0.129. The standard InChI is InChI=1S/C17H9BrClNO5/c18-17(13(20-17)15(22)23)14(21)11-8-10(19)6-7-12(11)25-16(24)9-4-2-1-3-5-9/h1-8H,(H,22,23). The largest absolute Gasteiger partial charge is 0.477 e. The summed E-state index contributed by atoms with van der Waals surface area (Å²) in [5.41, 5.74) is -0.0650. The van der Waals surface area contributed by atoms with Crippen LogP contribution in [-0.2, 0) is 4.79 Å². The van der Waals surface area contributed by atoms with Gasteiger partial charge in [-0.15, -0.1) is 0 Å². The van der Waals surface area contributed by atoms with Crippen LogP contribution in [0.3, 0.4) is 0 Å². The predicted octanol–water partition coefficient (Wildman–Crippen LogP) is 3.37. The fourth-order valence-corrected chi connectivity index (χ4v) is 2.89. The first-order chi connectivity index (χ1) is 11.8. The summed E-state index contributed by atoms with van der Waals surface area (Å²) in [5.74, 6) is -2.68. The highest BCUT2D eigenvalue weighted by molar-refractivity contribution is 9.10. The molecule has 1 aliphatic rings. The van der Waals surface area contributed by atoms with Crippen LogP contribution < -0.4 is 4.74 Å². The van der Waals surface area contributed by atoms with Crippen LogP contribution in [0.1, 0.15) is 20.7 Å². The molecule has 8 heteroatoms. The van der Waals surface area contributed by atoms with E-state index in [-0.39, 0.29) is 22.0 Å². The number of aliphatic imine (C=N–C) groups is 1. The van der Waals surface area contributed by atoms with Gasteiger partial charge in [-0.2, -0.15) is 0 Å². The van der Waals surface area contributed by atoms with Crippen molar-refractivity contribution in [2.24, 2.45) is 4.99 Å². The number of halogens is 2. The molecule has 1 aliphatic heterocycles. The van der Waals surface area contributed by atoms with Crippen molar-refractivity contribution in [2.75, 3.05) is 0 Å². The van der Waals surface area contributed by atoms with Crippen LogP contribution in [0.2, 0.25) is 5.02 Å². The molecule has 0 radical (unpaired) electrons. The molecule has 1 heterocycles. The highest BCUT2D eigenvalue weighted by atomic mass is 79.9. The van der Waals surface area contributed by atoms with E-state index in [2.05, 4.69) is 20.9 Å². The maximum atomic E-state index is 12.7. The molecule has 0 bridgehead atoms. The number of carbonyl (C=O) groups is 3. The SMILES string of the molecule is O=C(O)C1=NC1(Br)C(=O)c1cc(Cl)ccc1OC(=O)c1ccccc1. The summed E-state index contributed by atoms with van der Waals surface area (Å²) in [4.78, 5) is 39.5. The lowest BCUT2D eigenvalue weighted by Gasteiger charge is -2.12. The highest BCUT2D eigenvalue weighted by Gasteiger charge is 2.56. The zero-order valence-corrected chi connectivity index (χ0v) is 14.7. The van der Waals surface area contributed by atoms with Gasteiger partial charge in [0.25, 0.3) is 0 Å². The van der Waals surface area contributed by atoms with E-state index in [0.29, 0.717) is 5.56 Å². The van der Waals surface area contributed by atoms with Crippen molar-refractivity contribution in [3.8, 4) is 5.75 Å². The van der Waals surface area contributed by atoms with Crippen LogP contribution in [0, 0.1) is 0 Å². The van der Waals surface area contributed by atoms with Crippen molar-refractivity contribution >= 4 is 51.0 Å². The third-order valence-corrected chi connectivity index (χ3v) is 4.58. The van der Waals surface area contributed by atoms with Crippen molar-refractivity contribution in [2.45, 2.75) is 4.45 Å². The van der Waals surface area contributed by atoms with Gasteiger partial charge in [0.1, 0.15) is 5.75 Å². The molecule has 0 spiro atoms. The van der Waals surface area contributed by atoms with Crippen molar-refractivity contribution < 1.29 is 24.2 Å². The summed E-state index contributed by atoms with van der Waals surface area (Å²) in [6.45, 7) is 0. The van der Waals surface area contributed by atoms with E-state index in [1.165, 1.54) is 18.2 Å². The number of nitrogens with zero attached hydrogens (tertiary/aromatic N) is 1. The van der Waals surface area contributed by atoms with Gasteiger partial charge in [0.15, 0.2) is 5.71 Å². The molecule has 1 atom stereocenters. The Labute approximate surface area is 155 Å². The molecule has 25 heavy (non-hydrogen) atoms. The van der Waals surface area contributed by atoms with Crippen molar-refractivity contribution in [3.63, 3.8) is 0 Å². The van der Waals surface area contributed by atoms with Crippen LogP contribution in [0.5, 0.6) is 5.75 Å². The van der Waals surface area contributed by atoms with Crippen molar-refractivity contribution in [1.29, 1.82) is 0 Å². The number of aliphatic carboxylic acids is 1. The van der Waals surface area contributed by atoms with Gasteiger partial charge >= 0.3 is 11.9 Å². The molecule has 0 aromatic heterocycles. The van der Waals surface area contributed by atoms with Gasteiger partial charge in [-0.3, -0.25) is 4.79 Å². The number of benzene rings is 2. The quantitative estimate of drug-likeness (QED) is 0.262. The van der Waals surface area contributed by atoms with Gasteiger partial charge in [0.2, 0.25) is 10.2 Å². The maximum Gasteiger partial charge on any atom is 0.353 e. The van der Waals surface area contributed by atoms with Crippen molar-refractivity contribution in [3.05, 3.63) is 64.7 Å². The molecule has 2 aromatic carbocycles. The number of hydrogen-bond acceptors (Lipinski definition) is 5. The molecule has 0 aliphatic carbocycles. The first kappa shape index (κ1) is 17.3. The first-order valence-corrected chi connectivity index (χ1v) is 8.14. The number of esters is 1. The third kappa shape index (κ3) is 3.33. The Morgan fingerprint density at radius 2 is 1.80 bits per heavy atom. The molecular formula is C17H9BrClNO5. The molecule has 3 rings (SSSR count). The van der Waals surface area contributed by atoms with E-state index in [1.54, 1.807) is 30.3 Å². The van der Waals surface area contributed by atoms with Gasteiger partial charge in [-0.05, 0) is 46.3 Å². The fraction of sp³-hybridized carbons (Fsp3) is 0.0588. The number of alkyl halides is 1. The number of hydrogen-bond donors (Lipinski definition) is 1. The lowest BCUT2D eigenvalue weighted by atomic mass is 10.0. The molecule has 1 unspecified atom stereocenters. The highest BCUT2D eigenvalue weighted by Crippen LogP contribution is 2.41. The second-order valence-electron chi connectivity index (χ2n) is 5.11. The minimum Gasteiger partial charge on any atom is -0.477 e. The van der Waals surface area contributed by atoms with E-state index < -0.39 is 22.2 Å². The second-order valence-corrected chi connectivity index (χ2v) is 6.70. The molecule has 2 aromatic rings. The number of ether oxygens (including phenoxy) is 1. The smallest absolute Gasteiger partial charge is 0.353 e. The average Bonchev–Trinajstić information content (AvgIpc) is 3.30. The Balaban J connectivity index is 1.91. The maximum absolute atomic E-state index is 12.7. The Morgan fingerprint density at radius 3 is 2.40 bits per heavy atom. The normalized spacial score (nSPS) is 18.2. The van der Waals surface area contributed by atoms with Crippen LogP contribution in [0.25, 0.3) is 0 Å². The number of carbonyl (C=O) groups excluding carboxylic acids is 2. The van der Waals surface area contributed by atoms with Crippen molar-refractivity contribution in [1.82, 2.24) is 0 Å². The number of rotatable bonds is 5. The van der Waals surface area contributed by atoms with Crippen LogP contribution in [0.15, 0.2) is 53.5 Å². The zero-order chi connectivity index (χ0) is 18.2. The van der Waals surface area contributed by atoms with E-state index in [9.17, 15) is 14.4 Å². The van der Waals surface area contributed by atoms with E-state index in [1.807, 2.05) is 0 Å². The lowest BCUT2D eigenvalue weighted by Crippen LogP contribution is -2.28. The van der Waals surface area contributed by atoms with E-state index in [0.717, 1.165) is 0 Å². The van der Waals surface area contributed by atoms with Crippen LogP contribution in [-0.4, -0.2) is 33.0 Å². The van der Waals surface area contributed by atoms with Gasteiger partial charge in [-0.1, -0.05) is 29.8 Å². The predicted molar refractivity (Wildman–Crippen MR) is 93.9 cm³/mol. The average molecular weight is 423 g/mol. The molecule has 1 N–H and O–H groups in total. The monoisotopic (exact) mass is 421 g/mol. The molecule has 6 nitrogen and oxygen atoms in total. The van der Waals surface area contributed by atoms with Gasteiger partial charge in [-0.25, -0.2) is 14.6 Å². The molecule has 0 saturated heterocycles. The van der Waals surface area contributed by atoms with E-state index in [4.69, 9.17) is 21.4 Å². The fourth-order valence-electron chi connectivity index (χ4n) is 2.15. The summed E-state index contributed by atoms with van der Waals surface area (Å²) in [6.07, 6.45) is 0. The molecule has 126 valence electrons. The number of ketones is 1. The summed E-state index contributed by atoms with van der Waals surface area (Å²) < 4.78 is 3.63. The topological polar surface area (TPSA) is 93.0 Å². The van der Waals surface area contributed by atoms with E-state index >= 15 is 0 Å². The summed E-state index contributed by atoms with van der Waals surface area (Å²) in [6, 6.07) is 12.4. The third-order valence-electron chi connectivity index (χ3n) is 3.43. The molecular weight excluding hydrogens is 414 g/mol. The Morgan fingerprint density at radius 1 is 1.12 bits per heavy atom. The van der Waals surface area contributed by atoms with Crippen LogP contribution >= 0.6 is 27.5 Å². The van der Waals surface area contributed by atoms with Gasteiger partial charge in [0, 0.05) is 5.02 Å². The summed E-state index contributed by atoms with van der Waals surface area (Å²) in [7, 11) is 0. The number of carboxylic acids is 1.